The molecular formula is C22H16ClF4N3O4. The number of piperidine rings is 1. The number of amides is 4. The predicted octanol–water partition coefficient (Wildman–Crippen LogP) is 3.27. The number of hydrogen-bond acceptors (Lipinski definition) is 4. The van der Waals surface area contributed by atoms with E-state index in [0.29, 0.717) is 0 Å². The van der Waals surface area contributed by atoms with Crippen molar-refractivity contribution in [3.63, 3.8) is 0 Å². The Bertz CT molecular complexity index is 1200. The van der Waals surface area contributed by atoms with Crippen LogP contribution in [0.25, 0.3) is 0 Å². The predicted molar refractivity (Wildman–Crippen MR) is 110 cm³/mol. The number of hydrogen-bond donors (Lipinski definition) is 2. The van der Waals surface area contributed by atoms with E-state index in [1.54, 1.807) is 5.32 Å². The highest BCUT2D eigenvalue weighted by Crippen LogP contribution is 2.35. The molecule has 7 nitrogen and oxygen atoms in total. The van der Waals surface area contributed by atoms with Gasteiger partial charge < -0.3 is 10.2 Å². The second kappa shape index (κ2) is 8.71. The van der Waals surface area contributed by atoms with Gasteiger partial charge in [0.2, 0.25) is 11.8 Å². The van der Waals surface area contributed by atoms with Gasteiger partial charge in [-0.1, -0.05) is 23.7 Å². The van der Waals surface area contributed by atoms with E-state index in [1.165, 1.54) is 12.1 Å². The average molecular weight is 498 g/mol. The van der Waals surface area contributed by atoms with E-state index in [4.69, 9.17) is 11.6 Å². The summed E-state index contributed by atoms with van der Waals surface area (Å²) in [5.41, 5.74) is -1.30. The van der Waals surface area contributed by atoms with Gasteiger partial charge in [-0.25, -0.2) is 4.39 Å². The third-order valence-electron chi connectivity index (χ3n) is 5.70. The first kappa shape index (κ1) is 23.7. The maximum absolute atomic E-state index is 15.2. The second-order valence-electron chi connectivity index (χ2n) is 7.85. The van der Waals surface area contributed by atoms with Crippen molar-refractivity contribution in [3.8, 4) is 0 Å². The molecule has 0 spiro atoms. The topological polar surface area (TPSA) is 95.6 Å². The molecule has 1 saturated heterocycles. The van der Waals surface area contributed by atoms with Gasteiger partial charge in [0, 0.05) is 22.6 Å². The fraction of sp³-hybridized carbons (Fsp3) is 0.273. The minimum atomic E-state index is -4.88. The maximum Gasteiger partial charge on any atom is 0.412 e. The molecule has 178 valence electrons. The van der Waals surface area contributed by atoms with Crippen molar-refractivity contribution in [1.29, 1.82) is 0 Å². The summed E-state index contributed by atoms with van der Waals surface area (Å²) in [6.45, 7) is -0.368. The molecule has 2 aromatic carbocycles. The van der Waals surface area contributed by atoms with E-state index in [0.717, 1.165) is 29.2 Å². The first-order valence-electron chi connectivity index (χ1n) is 10.1. The first-order valence-corrected chi connectivity index (χ1v) is 10.4. The number of imide groups is 1. The Balaban J connectivity index is 1.59. The van der Waals surface area contributed by atoms with Gasteiger partial charge >= 0.3 is 6.18 Å². The number of carbonyl (C=O) groups excluding carboxylic acids is 4. The van der Waals surface area contributed by atoms with Crippen LogP contribution in [0.5, 0.6) is 0 Å². The van der Waals surface area contributed by atoms with Crippen LogP contribution in [0.2, 0.25) is 5.02 Å². The molecule has 4 rings (SSSR count). The number of nitrogens with one attached hydrogen (secondary N) is 2. The molecule has 1 fully saturated rings. The highest BCUT2D eigenvalue weighted by Gasteiger charge is 2.44. The monoisotopic (exact) mass is 497 g/mol. The van der Waals surface area contributed by atoms with E-state index < -0.39 is 53.3 Å². The van der Waals surface area contributed by atoms with Crippen LogP contribution >= 0.6 is 11.6 Å². The maximum atomic E-state index is 15.2. The third kappa shape index (κ3) is 4.35. The molecule has 0 aromatic heterocycles. The van der Waals surface area contributed by atoms with E-state index in [1.807, 2.05) is 0 Å². The van der Waals surface area contributed by atoms with Crippen LogP contribution in [0.15, 0.2) is 36.4 Å². The molecular weight excluding hydrogens is 482 g/mol. The summed E-state index contributed by atoms with van der Waals surface area (Å²) in [5.74, 6) is -4.36. The Morgan fingerprint density at radius 3 is 2.41 bits per heavy atom. The van der Waals surface area contributed by atoms with Gasteiger partial charge in [0.1, 0.15) is 11.9 Å². The van der Waals surface area contributed by atoms with Gasteiger partial charge in [-0.05, 0) is 36.2 Å². The lowest BCUT2D eigenvalue weighted by molar-refractivity contribution is -0.155. The minimum Gasteiger partial charge on any atom is -0.337 e. The molecule has 2 aliphatic rings. The SMILES string of the molecule is O=C1CCC(N2Cc3c(ccc(C(=O)NC(c4ccc(Cl)cc4)C(F)(F)F)c3F)C2=O)C(=O)N1. The van der Waals surface area contributed by atoms with Crippen molar-refractivity contribution in [1.82, 2.24) is 15.5 Å². The van der Waals surface area contributed by atoms with Crippen molar-refractivity contribution >= 4 is 35.2 Å². The second-order valence-corrected chi connectivity index (χ2v) is 8.29. The lowest BCUT2D eigenvalue weighted by Crippen LogP contribution is -2.52. The number of alkyl halides is 3. The number of carbonyl (C=O) groups is 4. The van der Waals surface area contributed by atoms with E-state index in [2.05, 4.69) is 5.32 Å². The van der Waals surface area contributed by atoms with Crippen molar-refractivity contribution in [2.24, 2.45) is 0 Å². The average Bonchev–Trinajstić information content (AvgIpc) is 3.09. The van der Waals surface area contributed by atoms with Gasteiger partial charge in [0.25, 0.3) is 11.8 Å². The lowest BCUT2D eigenvalue weighted by atomic mass is 10.0. The van der Waals surface area contributed by atoms with Crippen LogP contribution in [0, 0.1) is 5.82 Å². The number of halogens is 5. The Morgan fingerprint density at radius 2 is 1.79 bits per heavy atom. The molecule has 2 aliphatic heterocycles. The fourth-order valence-electron chi connectivity index (χ4n) is 4.00. The molecule has 0 radical (unpaired) electrons. The number of benzene rings is 2. The molecule has 2 unspecified atom stereocenters. The van der Waals surface area contributed by atoms with Crippen LogP contribution in [-0.4, -0.2) is 40.7 Å². The van der Waals surface area contributed by atoms with E-state index >= 15 is 4.39 Å². The molecule has 0 aliphatic carbocycles. The number of nitrogens with zero attached hydrogens (tertiary/aromatic N) is 1. The Kier molecular flexibility index (Phi) is 6.07. The van der Waals surface area contributed by atoms with Crippen LogP contribution in [0.3, 0.4) is 0 Å². The third-order valence-corrected chi connectivity index (χ3v) is 5.95. The van der Waals surface area contributed by atoms with Crippen molar-refractivity contribution in [3.05, 3.63) is 69.5 Å². The fourth-order valence-corrected chi connectivity index (χ4v) is 4.12. The zero-order valence-corrected chi connectivity index (χ0v) is 18.0. The van der Waals surface area contributed by atoms with Crippen molar-refractivity contribution < 1.29 is 36.7 Å². The quantitative estimate of drug-likeness (QED) is 0.500. The van der Waals surface area contributed by atoms with Gasteiger partial charge in [0.15, 0.2) is 6.04 Å². The standard InChI is InChI=1S/C22H16ClF4N3O4/c23-11-3-1-10(2-4-11)18(22(25,26)27)29-19(32)13-6-5-12-14(17(13)24)9-30(21(12)34)15-7-8-16(31)28-20(15)33/h1-6,15,18H,7-9H2,(H,29,32)(H,28,31,33). The summed E-state index contributed by atoms with van der Waals surface area (Å²) in [7, 11) is 0. The van der Waals surface area contributed by atoms with Gasteiger partial charge in [-0.3, -0.25) is 24.5 Å². The largest absolute Gasteiger partial charge is 0.412 e. The van der Waals surface area contributed by atoms with E-state index in [-0.39, 0.29) is 41.1 Å². The summed E-state index contributed by atoms with van der Waals surface area (Å²) in [6.07, 6.45) is -4.83. The molecule has 2 N–H and O–H groups in total. The van der Waals surface area contributed by atoms with Crippen LogP contribution in [0.1, 0.15) is 50.7 Å². The Morgan fingerprint density at radius 1 is 1.12 bits per heavy atom. The van der Waals surface area contributed by atoms with Crippen LogP contribution in [-0.2, 0) is 16.1 Å². The summed E-state index contributed by atoms with van der Waals surface area (Å²) in [4.78, 5) is 49.9. The molecule has 0 saturated carbocycles. The molecule has 4 amide bonds. The number of rotatable bonds is 4. The Hall–Kier alpha value is -3.47. The van der Waals surface area contributed by atoms with Gasteiger partial charge in [-0.2, -0.15) is 13.2 Å². The molecule has 12 heteroatoms. The van der Waals surface area contributed by atoms with Crippen LogP contribution in [0.4, 0.5) is 17.6 Å². The zero-order chi connectivity index (χ0) is 24.8. The Labute approximate surface area is 195 Å². The number of fused-ring (bicyclic) bond motifs is 1. The first-order chi connectivity index (χ1) is 16.0. The summed E-state index contributed by atoms with van der Waals surface area (Å²) in [5, 5.41) is 4.10. The molecule has 2 heterocycles. The van der Waals surface area contributed by atoms with Crippen LogP contribution < -0.4 is 10.6 Å². The summed E-state index contributed by atoms with van der Waals surface area (Å²) in [6, 6.07) is 3.27. The molecule has 34 heavy (non-hydrogen) atoms. The van der Waals surface area contributed by atoms with Gasteiger partial charge in [0.05, 0.1) is 12.1 Å². The molecule has 2 atom stereocenters. The highest BCUT2D eigenvalue weighted by atomic mass is 35.5. The van der Waals surface area contributed by atoms with Gasteiger partial charge in [-0.15, -0.1) is 0 Å². The summed E-state index contributed by atoms with van der Waals surface area (Å²) >= 11 is 5.71. The molecule has 0 bridgehead atoms. The minimum absolute atomic E-state index is 0.00377. The smallest absolute Gasteiger partial charge is 0.337 e. The highest BCUT2D eigenvalue weighted by molar-refractivity contribution is 6.30. The van der Waals surface area contributed by atoms with E-state index in [9.17, 15) is 32.3 Å². The normalized spacial score (nSPS) is 19.0. The summed E-state index contributed by atoms with van der Waals surface area (Å²) < 4.78 is 56.1. The lowest BCUT2D eigenvalue weighted by Gasteiger charge is -2.29. The van der Waals surface area contributed by atoms with Crippen molar-refractivity contribution in [2.45, 2.75) is 37.6 Å². The zero-order valence-electron chi connectivity index (χ0n) is 17.2. The molecule has 2 aromatic rings. The van der Waals surface area contributed by atoms with Crippen molar-refractivity contribution in [2.75, 3.05) is 0 Å².